The normalized spacial score (nSPS) is 13.1. The fourth-order valence-electron chi connectivity index (χ4n) is 3.51. The van der Waals surface area contributed by atoms with Crippen LogP contribution >= 0.6 is 0 Å². The van der Waals surface area contributed by atoms with Crippen LogP contribution in [0, 0.1) is 11.6 Å². The van der Waals surface area contributed by atoms with Crippen LogP contribution in [0.1, 0.15) is 68.6 Å². The van der Waals surface area contributed by atoms with Gasteiger partial charge in [-0.2, -0.15) is 13.2 Å². The van der Waals surface area contributed by atoms with E-state index in [9.17, 15) is 26.7 Å². The lowest BCUT2D eigenvalue weighted by Crippen LogP contribution is -2.25. The Morgan fingerprint density at radius 1 is 1.12 bits per heavy atom. The van der Waals surface area contributed by atoms with Gasteiger partial charge < -0.3 is 10.6 Å². The van der Waals surface area contributed by atoms with Crippen LogP contribution in [0.2, 0.25) is 0 Å². The average molecular weight is 469 g/mol. The van der Waals surface area contributed by atoms with Gasteiger partial charge in [-0.3, -0.25) is 4.79 Å². The Bertz CT molecular complexity index is 995. The van der Waals surface area contributed by atoms with Gasteiger partial charge in [0.05, 0.1) is 6.04 Å². The maximum Gasteiger partial charge on any atom is 0.433 e. The van der Waals surface area contributed by atoms with Crippen molar-refractivity contribution in [2.45, 2.75) is 58.7 Å². The zero-order valence-corrected chi connectivity index (χ0v) is 19.0. The van der Waals surface area contributed by atoms with Crippen LogP contribution in [0.15, 0.2) is 30.3 Å². The number of hydrogen-bond donors (Lipinski definition) is 2. The molecule has 0 bridgehead atoms. The van der Waals surface area contributed by atoms with Crippen molar-refractivity contribution in [2.24, 2.45) is 0 Å². The second-order valence-electron chi connectivity index (χ2n) is 7.70. The molecule has 0 aliphatic rings. The summed E-state index contributed by atoms with van der Waals surface area (Å²) in [6.07, 6.45) is -1.22. The SMILES string of the molecule is CCC/C(=C\C(=O)NC(C)c1cc(F)c(NC)c(F)c1)c1ccc(C(F)(F)F)nc1CCC. The summed E-state index contributed by atoms with van der Waals surface area (Å²) in [6.45, 7) is 5.31. The molecule has 0 radical (unpaired) electrons. The molecule has 0 saturated carbocycles. The summed E-state index contributed by atoms with van der Waals surface area (Å²) in [5.74, 6) is -2.08. The van der Waals surface area contributed by atoms with E-state index in [4.69, 9.17) is 0 Å². The number of carbonyl (C=O) groups is 1. The van der Waals surface area contributed by atoms with E-state index in [1.54, 1.807) is 6.92 Å². The van der Waals surface area contributed by atoms with E-state index >= 15 is 0 Å². The predicted octanol–water partition coefficient (Wildman–Crippen LogP) is 6.43. The van der Waals surface area contributed by atoms with Gasteiger partial charge in [0.15, 0.2) is 0 Å². The molecule has 0 aliphatic carbocycles. The van der Waals surface area contributed by atoms with Gasteiger partial charge in [0.25, 0.3) is 0 Å². The van der Waals surface area contributed by atoms with Crippen molar-refractivity contribution >= 4 is 17.2 Å². The first-order chi connectivity index (χ1) is 15.5. The number of anilines is 1. The number of halogens is 5. The monoisotopic (exact) mass is 469 g/mol. The molecule has 1 heterocycles. The Balaban J connectivity index is 2.35. The summed E-state index contributed by atoms with van der Waals surface area (Å²) in [6, 6.07) is 3.83. The lowest BCUT2D eigenvalue weighted by Gasteiger charge is -2.17. The number of aromatic nitrogens is 1. The van der Waals surface area contributed by atoms with Gasteiger partial charge in [0, 0.05) is 18.8 Å². The molecule has 1 aromatic carbocycles. The van der Waals surface area contributed by atoms with Crippen LogP contribution in [-0.2, 0) is 17.4 Å². The highest BCUT2D eigenvalue weighted by Crippen LogP contribution is 2.31. The van der Waals surface area contributed by atoms with Crippen molar-refractivity contribution in [3.63, 3.8) is 0 Å². The number of allylic oxidation sites excluding steroid dienone is 1. The highest BCUT2D eigenvalue weighted by molar-refractivity contribution is 5.95. The van der Waals surface area contributed by atoms with Crippen molar-refractivity contribution in [1.29, 1.82) is 0 Å². The number of nitrogens with zero attached hydrogens (tertiary/aromatic N) is 1. The Morgan fingerprint density at radius 3 is 2.27 bits per heavy atom. The first-order valence-electron chi connectivity index (χ1n) is 10.8. The van der Waals surface area contributed by atoms with Crippen LogP contribution in [0.5, 0.6) is 0 Å². The Labute approximate surface area is 190 Å². The molecule has 0 spiro atoms. The molecule has 33 heavy (non-hydrogen) atoms. The summed E-state index contributed by atoms with van der Waals surface area (Å²) in [5, 5.41) is 5.10. The molecule has 9 heteroatoms. The molecule has 2 rings (SSSR count). The summed E-state index contributed by atoms with van der Waals surface area (Å²) >= 11 is 0. The average Bonchev–Trinajstić information content (AvgIpc) is 2.72. The summed E-state index contributed by atoms with van der Waals surface area (Å²) in [5.41, 5.74) is 0.323. The van der Waals surface area contributed by atoms with Crippen molar-refractivity contribution in [3.8, 4) is 0 Å². The number of nitrogens with one attached hydrogen (secondary N) is 2. The van der Waals surface area contributed by atoms with Crippen molar-refractivity contribution in [2.75, 3.05) is 12.4 Å². The molecule has 0 saturated heterocycles. The Hall–Kier alpha value is -2.97. The van der Waals surface area contributed by atoms with E-state index in [0.717, 1.165) is 18.2 Å². The number of alkyl halides is 3. The number of amides is 1. The van der Waals surface area contributed by atoms with Crippen LogP contribution in [0.25, 0.3) is 5.57 Å². The van der Waals surface area contributed by atoms with E-state index < -0.39 is 35.5 Å². The van der Waals surface area contributed by atoms with Gasteiger partial charge in [-0.1, -0.05) is 32.8 Å². The fourth-order valence-corrected chi connectivity index (χ4v) is 3.51. The quantitative estimate of drug-likeness (QED) is 0.329. The second-order valence-corrected chi connectivity index (χ2v) is 7.70. The van der Waals surface area contributed by atoms with Gasteiger partial charge >= 0.3 is 6.18 Å². The van der Waals surface area contributed by atoms with Gasteiger partial charge in [-0.25, -0.2) is 13.8 Å². The van der Waals surface area contributed by atoms with Gasteiger partial charge in [-0.05, 0) is 54.7 Å². The topological polar surface area (TPSA) is 54.0 Å². The molecule has 180 valence electrons. The molecule has 1 amide bonds. The number of hydrogen-bond acceptors (Lipinski definition) is 3. The molecule has 1 aromatic heterocycles. The zero-order valence-electron chi connectivity index (χ0n) is 19.0. The fraction of sp³-hybridized carbons (Fsp3) is 0.417. The second kappa shape index (κ2) is 11.2. The minimum Gasteiger partial charge on any atom is -0.383 e. The Morgan fingerprint density at radius 2 is 1.76 bits per heavy atom. The van der Waals surface area contributed by atoms with E-state index in [1.165, 1.54) is 19.2 Å². The van der Waals surface area contributed by atoms with Gasteiger partial charge in [0.2, 0.25) is 5.91 Å². The maximum absolute atomic E-state index is 14.1. The maximum atomic E-state index is 14.1. The van der Waals surface area contributed by atoms with Crippen molar-refractivity contribution in [3.05, 3.63) is 64.5 Å². The molecule has 0 aliphatic heterocycles. The highest BCUT2D eigenvalue weighted by atomic mass is 19.4. The third kappa shape index (κ3) is 6.76. The molecule has 1 unspecified atom stereocenters. The van der Waals surface area contributed by atoms with Crippen LogP contribution in [0.3, 0.4) is 0 Å². The molecule has 4 nitrogen and oxygen atoms in total. The van der Waals surface area contributed by atoms with E-state index in [-0.39, 0.29) is 16.9 Å². The zero-order chi connectivity index (χ0) is 24.8. The van der Waals surface area contributed by atoms with Crippen LogP contribution < -0.4 is 10.6 Å². The lowest BCUT2D eigenvalue weighted by atomic mass is 9.96. The molecule has 2 aromatic rings. The van der Waals surface area contributed by atoms with Gasteiger partial charge in [0.1, 0.15) is 23.0 Å². The highest BCUT2D eigenvalue weighted by Gasteiger charge is 2.33. The number of carbonyl (C=O) groups excluding carboxylic acids is 1. The lowest BCUT2D eigenvalue weighted by molar-refractivity contribution is -0.141. The third-order valence-electron chi connectivity index (χ3n) is 5.10. The number of benzene rings is 1. The number of rotatable bonds is 9. The van der Waals surface area contributed by atoms with E-state index in [0.29, 0.717) is 36.8 Å². The minimum atomic E-state index is -4.56. The van der Waals surface area contributed by atoms with E-state index in [2.05, 4.69) is 15.6 Å². The number of aryl methyl sites for hydroxylation is 1. The predicted molar refractivity (Wildman–Crippen MR) is 119 cm³/mol. The summed E-state index contributed by atoms with van der Waals surface area (Å²) in [4.78, 5) is 16.5. The first-order valence-corrected chi connectivity index (χ1v) is 10.8. The molecule has 0 fully saturated rings. The first kappa shape index (κ1) is 26.3. The third-order valence-corrected chi connectivity index (χ3v) is 5.10. The smallest absolute Gasteiger partial charge is 0.383 e. The van der Waals surface area contributed by atoms with Crippen molar-refractivity contribution in [1.82, 2.24) is 10.3 Å². The molecule has 2 N–H and O–H groups in total. The summed E-state index contributed by atoms with van der Waals surface area (Å²) < 4.78 is 67.4. The van der Waals surface area contributed by atoms with Crippen LogP contribution in [-0.4, -0.2) is 17.9 Å². The minimum absolute atomic E-state index is 0.241. The Kier molecular flexibility index (Phi) is 8.96. The standard InChI is InChI=1S/C24H28F5N3O/c1-5-7-15(17-9-10-21(24(27,28)29)32-20(17)8-6-2)13-22(33)31-14(3)16-11-18(25)23(30-4)19(26)12-16/h9-14,30H,5-8H2,1-4H3,(H,31,33)/b15-13+. The van der Waals surface area contributed by atoms with Crippen LogP contribution in [0.4, 0.5) is 27.6 Å². The molecule has 1 atom stereocenters. The summed E-state index contributed by atoms with van der Waals surface area (Å²) in [7, 11) is 1.40. The largest absolute Gasteiger partial charge is 0.433 e. The van der Waals surface area contributed by atoms with E-state index in [1.807, 2.05) is 13.8 Å². The molecular weight excluding hydrogens is 441 g/mol. The number of pyridine rings is 1. The molecular formula is C24H28F5N3O. The van der Waals surface area contributed by atoms with Crippen molar-refractivity contribution < 1.29 is 26.7 Å². The van der Waals surface area contributed by atoms with Gasteiger partial charge in [-0.15, -0.1) is 0 Å².